The molecule has 0 unspecified atom stereocenters. The van der Waals surface area contributed by atoms with Gasteiger partial charge in [0.05, 0.1) is 5.56 Å². The number of hydrogen-bond acceptors (Lipinski definition) is 6. The van der Waals surface area contributed by atoms with Crippen LogP contribution in [-0.2, 0) is 4.74 Å². The van der Waals surface area contributed by atoms with Gasteiger partial charge in [0, 0.05) is 37.7 Å². The minimum Gasteiger partial charge on any atom is -0.382 e. The van der Waals surface area contributed by atoms with Gasteiger partial charge >= 0.3 is 0 Å². The van der Waals surface area contributed by atoms with Gasteiger partial charge in [-0.1, -0.05) is 6.07 Å². The predicted molar refractivity (Wildman–Crippen MR) is 86.4 cm³/mol. The maximum absolute atomic E-state index is 5.97. The second kappa shape index (κ2) is 6.87. The summed E-state index contributed by atoms with van der Waals surface area (Å²) in [5, 5.41) is 4.41. The van der Waals surface area contributed by atoms with E-state index in [1.54, 1.807) is 6.20 Å². The fourth-order valence-electron chi connectivity index (χ4n) is 2.12. The minimum absolute atomic E-state index is 0.556. The van der Waals surface area contributed by atoms with Crippen molar-refractivity contribution < 1.29 is 4.74 Å². The highest BCUT2D eigenvalue weighted by Crippen LogP contribution is 2.36. The van der Waals surface area contributed by atoms with Crippen LogP contribution in [0.3, 0.4) is 0 Å². The topological polar surface area (TPSA) is 73.1 Å². The van der Waals surface area contributed by atoms with Gasteiger partial charge in [0.2, 0.25) is 0 Å². The molecule has 3 rings (SSSR count). The van der Waals surface area contributed by atoms with Crippen LogP contribution in [0.1, 0.15) is 19.3 Å². The summed E-state index contributed by atoms with van der Waals surface area (Å²) in [6, 6.07) is 3.90. The molecule has 1 saturated carbocycles. The van der Waals surface area contributed by atoms with Crippen LogP contribution in [0, 0.1) is 5.92 Å². The normalized spacial score (nSPS) is 14.3. The zero-order valence-electron chi connectivity index (χ0n) is 11.9. The highest BCUT2D eigenvalue weighted by atomic mass is 32.1. The van der Waals surface area contributed by atoms with Crippen molar-refractivity contribution in [2.24, 2.45) is 5.92 Å². The number of ether oxygens (including phenoxy) is 1. The molecule has 6 heteroatoms. The molecule has 0 bridgehead atoms. The molecule has 3 N–H and O–H groups in total. The molecule has 0 aliphatic heterocycles. The molecular formula is C15H20N4OS. The number of rotatable bonds is 8. The minimum atomic E-state index is 0.556. The van der Waals surface area contributed by atoms with Crippen molar-refractivity contribution >= 4 is 22.4 Å². The molecular weight excluding hydrogens is 284 g/mol. The molecule has 0 radical (unpaired) electrons. The molecule has 2 heterocycles. The predicted octanol–water partition coefficient (Wildman–Crippen LogP) is 3.02. The Labute approximate surface area is 128 Å². The molecule has 21 heavy (non-hydrogen) atoms. The molecule has 112 valence electrons. The van der Waals surface area contributed by atoms with Gasteiger partial charge in [0.15, 0.2) is 0 Å². The highest BCUT2D eigenvalue weighted by molar-refractivity contribution is 7.11. The Morgan fingerprint density at radius 3 is 3.10 bits per heavy atom. The molecule has 0 spiro atoms. The van der Waals surface area contributed by atoms with E-state index in [-0.39, 0.29) is 0 Å². The Balaban J connectivity index is 1.51. The standard InChI is InChI=1S/C15H20N4OS/c16-14-13(12-3-1-6-17-9-12)15(21-19-14)18-7-2-8-20-10-11-4-5-11/h1,3,6,9,11,18H,2,4-5,7-8,10H2,(H2,16,19). The van der Waals surface area contributed by atoms with Crippen LogP contribution in [0.4, 0.5) is 10.8 Å². The SMILES string of the molecule is Nc1nsc(NCCCOCC2CC2)c1-c1cccnc1. The van der Waals surface area contributed by atoms with Crippen molar-refractivity contribution in [3.8, 4) is 11.1 Å². The van der Waals surface area contributed by atoms with Crippen LogP contribution in [-0.4, -0.2) is 29.1 Å². The van der Waals surface area contributed by atoms with Crippen molar-refractivity contribution in [1.29, 1.82) is 0 Å². The van der Waals surface area contributed by atoms with E-state index in [0.717, 1.165) is 48.2 Å². The third-order valence-corrected chi connectivity index (χ3v) is 4.29. The number of hydrogen-bond donors (Lipinski definition) is 2. The van der Waals surface area contributed by atoms with E-state index in [2.05, 4.69) is 14.7 Å². The molecule has 0 amide bonds. The average Bonchev–Trinajstić information content (AvgIpc) is 3.26. The lowest BCUT2D eigenvalue weighted by Gasteiger charge is -2.07. The van der Waals surface area contributed by atoms with Crippen molar-refractivity contribution in [2.75, 3.05) is 30.8 Å². The van der Waals surface area contributed by atoms with Crippen LogP contribution < -0.4 is 11.1 Å². The van der Waals surface area contributed by atoms with E-state index in [1.165, 1.54) is 24.4 Å². The number of pyridine rings is 1. The summed E-state index contributed by atoms with van der Waals surface area (Å²) in [6.45, 7) is 2.59. The second-order valence-corrected chi connectivity index (χ2v) is 6.09. The zero-order valence-corrected chi connectivity index (χ0v) is 12.7. The first kappa shape index (κ1) is 14.3. The largest absolute Gasteiger partial charge is 0.382 e. The van der Waals surface area contributed by atoms with Gasteiger partial charge < -0.3 is 15.8 Å². The van der Waals surface area contributed by atoms with E-state index in [1.807, 2.05) is 18.3 Å². The molecule has 0 aromatic carbocycles. The quantitative estimate of drug-likeness (QED) is 0.733. The monoisotopic (exact) mass is 304 g/mol. The molecule has 0 saturated heterocycles. The van der Waals surface area contributed by atoms with E-state index in [0.29, 0.717) is 5.82 Å². The van der Waals surface area contributed by atoms with Crippen molar-refractivity contribution in [1.82, 2.24) is 9.36 Å². The highest BCUT2D eigenvalue weighted by Gasteiger charge is 2.20. The van der Waals surface area contributed by atoms with Crippen LogP contribution in [0.5, 0.6) is 0 Å². The second-order valence-electron chi connectivity index (χ2n) is 5.31. The molecule has 1 aliphatic rings. The first-order valence-corrected chi connectivity index (χ1v) is 8.09. The number of anilines is 2. The van der Waals surface area contributed by atoms with Crippen molar-refractivity contribution in [3.05, 3.63) is 24.5 Å². The summed E-state index contributed by atoms with van der Waals surface area (Å²) < 4.78 is 9.87. The van der Waals surface area contributed by atoms with Crippen LogP contribution >= 0.6 is 11.5 Å². The van der Waals surface area contributed by atoms with Gasteiger partial charge in [-0.2, -0.15) is 4.37 Å². The first-order chi connectivity index (χ1) is 10.3. The maximum atomic E-state index is 5.97. The number of aromatic nitrogens is 2. The summed E-state index contributed by atoms with van der Waals surface area (Å²) in [5.41, 5.74) is 7.92. The van der Waals surface area contributed by atoms with Gasteiger partial charge in [-0.15, -0.1) is 0 Å². The lowest BCUT2D eigenvalue weighted by Crippen LogP contribution is -2.06. The van der Waals surface area contributed by atoms with Gasteiger partial charge in [0.25, 0.3) is 0 Å². The van der Waals surface area contributed by atoms with E-state index >= 15 is 0 Å². The Kier molecular flexibility index (Phi) is 4.67. The van der Waals surface area contributed by atoms with E-state index < -0.39 is 0 Å². The van der Waals surface area contributed by atoms with Crippen LogP contribution in [0.2, 0.25) is 0 Å². The lowest BCUT2D eigenvalue weighted by atomic mass is 10.1. The third kappa shape index (κ3) is 3.92. The number of nitrogen functional groups attached to an aromatic ring is 1. The van der Waals surface area contributed by atoms with Gasteiger partial charge in [-0.05, 0) is 42.8 Å². The fourth-order valence-corrected chi connectivity index (χ4v) is 2.88. The molecule has 1 aliphatic carbocycles. The third-order valence-electron chi connectivity index (χ3n) is 3.47. The first-order valence-electron chi connectivity index (χ1n) is 7.32. The summed E-state index contributed by atoms with van der Waals surface area (Å²) in [7, 11) is 0. The summed E-state index contributed by atoms with van der Waals surface area (Å²) >= 11 is 1.39. The molecule has 2 aromatic heterocycles. The van der Waals surface area contributed by atoms with E-state index in [4.69, 9.17) is 10.5 Å². The number of nitrogens with zero attached hydrogens (tertiary/aromatic N) is 2. The summed E-state index contributed by atoms with van der Waals surface area (Å²) in [6.07, 6.45) is 7.23. The van der Waals surface area contributed by atoms with E-state index in [9.17, 15) is 0 Å². The Hall–Kier alpha value is -1.66. The molecule has 0 atom stereocenters. The summed E-state index contributed by atoms with van der Waals surface area (Å²) in [4.78, 5) is 4.14. The molecule has 5 nitrogen and oxygen atoms in total. The maximum Gasteiger partial charge on any atom is 0.147 e. The Morgan fingerprint density at radius 1 is 1.43 bits per heavy atom. The lowest BCUT2D eigenvalue weighted by molar-refractivity contribution is 0.124. The van der Waals surface area contributed by atoms with Gasteiger partial charge in [-0.25, -0.2) is 0 Å². The summed E-state index contributed by atoms with van der Waals surface area (Å²) in [5.74, 6) is 1.39. The average molecular weight is 304 g/mol. The molecule has 1 fully saturated rings. The fraction of sp³-hybridized carbons (Fsp3) is 0.467. The van der Waals surface area contributed by atoms with Crippen molar-refractivity contribution in [3.63, 3.8) is 0 Å². The molecule has 2 aromatic rings. The zero-order chi connectivity index (χ0) is 14.5. The number of nitrogens with two attached hydrogens (primary N) is 1. The smallest absolute Gasteiger partial charge is 0.147 e. The van der Waals surface area contributed by atoms with Crippen LogP contribution in [0.15, 0.2) is 24.5 Å². The van der Waals surface area contributed by atoms with Crippen molar-refractivity contribution in [2.45, 2.75) is 19.3 Å². The number of nitrogens with one attached hydrogen (secondary N) is 1. The Morgan fingerprint density at radius 2 is 2.33 bits per heavy atom. The van der Waals surface area contributed by atoms with Gasteiger partial charge in [0.1, 0.15) is 10.8 Å². The van der Waals surface area contributed by atoms with Crippen LogP contribution in [0.25, 0.3) is 11.1 Å². The van der Waals surface area contributed by atoms with Gasteiger partial charge in [-0.3, -0.25) is 4.98 Å². The Bertz CT molecular complexity index is 568.